The van der Waals surface area contributed by atoms with Gasteiger partial charge in [-0.1, -0.05) is 29.4 Å². The summed E-state index contributed by atoms with van der Waals surface area (Å²) >= 11 is 0. The quantitative estimate of drug-likeness (QED) is 0.936. The zero-order valence-corrected chi connectivity index (χ0v) is 14.4. The second kappa shape index (κ2) is 7.03. The van der Waals surface area contributed by atoms with E-state index in [4.69, 9.17) is 4.52 Å². The molecule has 2 unspecified atom stereocenters. The van der Waals surface area contributed by atoms with Gasteiger partial charge in [-0.3, -0.25) is 4.90 Å². The monoisotopic (exact) mass is 326 g/mol. The van der Waals surface area contributed by atoms with Crippen LogP contribution in [0.15, 0.2) is 28.8 Å². The van der Waals surface area contributed by atoms with Gasteiger partial charge in [-0.15, -0.1) is 0 Å². The van der Waals surface area contributed by atoms with Crippen LogP contribution in [-0.4, -0.2) is 34.2 Å². The van der Waals surface area contributed by atoms with Crippen molar-refractivity contribution in [3.05, 3.63) is 47.1 Å². The van der Waals surface area contributed by atoms with Crippen molar-refractivity contribution < 1.29 is 4.52 Å². The van der Waals surface area contributed by atoms with Crippen LogP contribution in [0.4, 0.5) is 0 Å². The second-order valence-electron chi connectivity index (χ2n) is 7.11. The molecule has 0 amide bonds. The zero-order chi connectivity index (χ0) is 16.4. The van der Waals surface area contributed by atoms with Gasteiger partial charge < -0.3 is 9.84 Å². The molecule has 2 aliphatic rings. The standard InChI is InChI=1S/C19H26N4O/c1-14-20-19(22-24-14)13-23-11-5-8-16(12-23)21-18-10-4-7-15-6-2-3-9-17(15)18/h2-3,6,9,16,18,21H,4-5,7-8,10-13H2,1H3. The first-order valence-corrected chi connectivity index (χ1v) is 9.13. The number of hydrogen-bond acceptors (Lipinski definition) is 5. The van der Waals surface area contributed by atoms with Crippen molar-refractivity contribution in [2.75, 3.05) is 13.1 Å². The maximum atomic E-state index is 5.09. The smallest absolute Gasteiger partial charge is 0.223 e. The maximum Gasteiger partial charge on any atom is 0.223 e. The number of benzene rings is 1. The van der Waals surface area contributed by atoms with E-state index in [0.29, 0.717) is 18.0 Å². The van der Waals surface area contributed by atoms with Gasteiger partial charge in [0, 0.05) is 25.6 Å². The third-order valence-corrected chi connectivity index (χ3v) is 5.25. The van der Waals surface area contributed by atoms with E-state index in [1.807, 2.05) is 6.92 Å². The van der Waals surface area contributed by atoms with E-state index in [1.165, 1.54) is 43.2 Å². The maximum absolute atomic E-state index is 5.09. The number of likely N-dealkylation sites (tertiary alicyclic amines) is 1. The molecule has 128 valence electrons. The normalized spacial score (nSPS) is 24.7. The number of aryl methyl sites for hydroxylation is 2. The van der Waals surface area contributed by atoms with Crippen molar-refractivity contribution in [3.8, 4) is 0 Å². The lowest BCUT2D eigenvalue weighted by Crippen LogP contribution is -2.47. The second-order valence-corrected chi connectivity index (χ2v) is 7.11. The van der Waals surface area contributed by atoms with Crippen LogP contribution >= 0.6 is 0 Å². The number of piperidine rings is 1. The molecular weight excluding hydrogens is 300 g/mol. The van der Waals surface area contributed by atoms with Crippen molar-refractivity contribution in [1.82, 2.24) is 20.4 Å². The first kappa shape index (κ1) is 15.8. The summed E-state index contributed by atoms with van der Waals surface area (Å²) in [6, 6.07) is 9.97. The minimum absolute atomic E-state index is 0.507. The number of fused-ring (bicyclic) bond motifs is 1. The largest absolute Gasteiger partial charge is 0.340 e. The highest BCUT2D eigenvalue weighted by atomic mass is 16.5. The van der Waals surface area contributed by atoms with Crippen molar-refractivity contribution >= 4 is 0 Å². The molecule has 1 aromatic carbocycles. The molecule has 1 aliphatic heterocycles. The van der Waals surface area contributed by atoms with Gasteiger partial charge in [0.2, 0.25) is 5.89 Å². The summed E-state index contributed by atoms with van der Waals surface area (Å²) in [7, 11) is 0. The van der Waals surface area contributed by atoms with E-state index >= 15 is 0 Å². The fourth-order valence-corrected chi connectivity index (χ4v) is 4.15. The van der Waals surface area contributed by atoms with Gasteiger partial charge in [0.15, 0.2) is 5.82 Å². The minimum Gasteiger partial charge on any atom is -0.340 e. The highest BCUT2D eigenvalue weighted by molar-refractivity contribution is 5.32. The molecule has 1 saturated heterocycles. The number of hydrogen-bond donors (Lipinski definition) is 1. The van der Waals surface area contributed by atoms with E-state index in [1.54, 1.807) is 0 Å². The Labute approximate surface area is 143 Å². The average Bonchev–Trinajstić information content (AvgIpc) is 3.00. The number of rotatable bonds is 4. The summed E-state index contributed by atoms with van der Waals surface area (Å²) in [6.45, 7) is 4.81. The fraction of sp³-hybridized carbons (Fsp3) is 0.579. The number of nitrogens with one attached hydrogen (secondary N) is 1. The van der Waals surface area contributed by atoms with E-state index in [2.05, 4.69) is 44.6 Å². The molecule has 1 aliphatic carbocycles. The van der Waals surface area contributed by atoms with Gasteiger partial charge in [-0.2, -0.15) is 4.98 Å². The van der Waals surface area contributed by atoms with Crippen molar-refractivity contribution in [1.29, 1.82) is 0 Å². The van der Waals surface area contributed by atoms with E-state index in [-0.39, 0.29) is 0 Å². The molecule has 5 nitrogen and oxygen atoms in total. The highest BCUT2D eigenvalue weighted by Crippen LogP contribution is 2.30. The van der Waals surface area contributed by atoms with Gasteiger partial charge >= 0.3 is 0 Å². The van der Waals surface area contributed by atoms with Gasteiger partial charge in [0.05, 0.1) is 6.54 Å². The van der Waals surface area contributed by atoms with E-state index < -0.39 is 0 Å². The molecule has 0 saturated carbocycles. The lowest BCUT2D eigenvalue weighted by atomic mass is 9.87. The SMILES string of the molecule is Cc1nc(CN2CCCC(NC3CCCc4ccccc43)C2)no1. The third kappa shape index (κ3) is 3.52. The molecule has 2 heterocycles. The van der Waals surface area contributed by atoms with Crippen LogP contribution in [0.25, 0.3) is 0 Å². The van der Waals surface area contributed by atoms with Crippen molar-refractivity contribution in [2.45, 2.75) is 57.7 Å². The van der Waals surface area contributed by atoms with Crippen LogP contribution in [0.2, 0.25) is 0 Å². The Morgan fingerprint density at radius 1 is 1.25 bits per heavy atom. The summed E-state index contributed by atoms with van der Waals surface area (Å²) < 4.78 is 5.09. The highest BCUT2D eigenvalue weighted by Gasteiger charge is 2.26. The molecule has 2 atom stereocenters. The third-order valence-electron chi connectivity index (χ3n) is 5.25. The topological polar surface area (TPSA) is 54.2 Å². The zero-order valence-electron chi connectivity index (χ0n) is 14.4. The molecule has 1 fully saturated rings. The molecule has 0 radical (unpaired) electrons. The Hall–Kier alpha value is -1.72. The van der Waals surface area contributed by atoms with Gasteiger partial charge in [-0.25, -0.2) is 0 Å². The molecular formula is C19H26N4O. The average molecular weight is 326 g/mol. The van der Waals surface area contributed by atoms with Crippen LogP contribution in [0.1, 0.15) is 54.6 Å². The summed E-state index contributed by atoms with van der Waals surface area (Å²) in [5.74, 6) is 1.45. The Bertz CT molecular complexity index is 684. The summed E-state index contributed by atoms with van der Waals surface area (Å²) in [4.78, 5) is 6.78. The van der Waals surface area contributed by atoms with Crippen LogP contribution in [0, 0.1) is 6.92 Å². The fourth-order valence-electron chi connectivity index (χ4n) is 4.15. The molecule has 1 N–H and O–H groups in total. The first-order chi connectivity index (χ1) is 11.8. The molecule has 0 bridgehead atoms. The summed E-state index contributed by atoms with van der Waals surface area (Å²) in [5, 5.41) is 7.96. The van der Waals surface area contributed by atoms with Crippen molar-refractivity contribution in [2.24, 2.45) is 0 Å². The molecule has 5 heteroatoms. The summed E-state index contributed by atoms with van der Waals surface area (Å²) in [5.41, 5.74) is 3.03. The predicted octanol–water partition coefficient (Wildman–Crippen LogP) is 3.01. The minimum atomic E-state index is 0.507. The Kier molecular flexibility index (Phi) is 4.63. The predicted molar refractivity (Wildman–Crippen MR) is 92.6 cm³/mol. The number of nitrogens with zero attached hydrogens (tertiary/aromatic N) is 3. The van der Waals surface area contributed by atoms with Gasteiger partial charge in [0.25, 0.3) is 0 Å². The van der Waals surface area contributed by atoms with Crippen LogP contribution in [0.5, 0.6) is 0 Å². The molecule has 1 aromatic heterocycles. The van der Waals surface area contributed by atoms with Gasteiger partial charge in [-0.05, 0) is 49.8 Å². The Balaban J connectivity index is 1.38. The van der Waals surface area contributed by atoms with Crippen LogP contribution in [0.3, 0.4) is 0 Å². The van der Waals surface area contributed by atoms with Crippen molar-refractivity contribution in [3.63, 3.8) is 0 Å². The molecule has 24 heavy (non-hydrogen) atoms. The van der Waals surface area contributed by atoms with Crippen LogP contribution in [-0.2, 0) is 13.0 Å². The first-order valence-electron chi connectivity index (χ1n) is 9.13. The molecule has 4 rings (SSSR count). The lowest BCUT2D eigenvalue weighted by molar-refractivity contribution is 0.168. The lowest BCUT2D eigenvalue weighted by Gasteiger charge is -2.36. The Morgan fingerprint density at radius 2 is 2.17 bits per heavy atom. The van der Waals surface area contributed by atoms with E-state index in [0.717, 1.165) is 25.5 Å². The Morgan fingerprint density at radius 3 is 3.04 bits per heavy atom. The summed E-state index contributed by atoms with van der Waals surface area (Å²) in [6.07, 6.45) is 6.23. The molecule has 2 aromatic rings. The van der Waals surface area contributed by atoms with Gasteiger partial charge in [0.1, 0.15) is 0 Å². The molecule has 0 spiro atoms. The number of aromatic nitrogens is 2. The van der Waals surface area contributed by atoms with Crippen LogP contribution < -0.4 is 5.32 Å². The van der Waals surface area contributed by atoms with E-state index in [9.17, 15) is 0 Å².